The number of hydrogen-bond donors (Lipinski definition) is 0. The summed E-state index contributed by atoms with van der Waals surface area (Å²) >= 11 is 0. The molecule has 0 heterocycles. The minimum absolute atomic E-state index is 0.728. The first-order chi connectivity index (χ1) is 7.81. The molecule has 0 aliphatic heterocycles. The van der Waals surface area contributed by atoms with Crippen LogP contribution >= 0.6 is 0 Å². The van der Waals surface area contributed by atoms with Gasteiger partial charge in [-0.25, -0.2) is 0 Å². The van der Waals surface area contributed by atoms with E-state index in [1.54, 1.807) is 0 Å². The molecule has 1 nitrogen and oxygen atoms in total. The van der Waals surface area contributed by atoms with Gasteiger partial charge >= 0.3 is 0 Å². The average Bonchev–Trinajstić information content (AvgIpc) is 2.30. The molecule has 0 N–H and O–H groups in total. The molecule has 0 spiro atoms. The zero-order valence-electron chi connectivity index (χ0n) is 10.6. The summed E-state index contributed by atoms with van der Waals surface area (Å²) in [6, 6.07) is 8.42. The van der Waals surface area contributed by atoms with E-state index in [4.69, 9.17) is 4.74 Å². The molecule has 0 unspecified atom stereocenters. The SMILES string of the molecule is CCC=C(CCC)c1ccc(OCC)cc1. The third kappa shape index (κ3) is 3.73. The van der Waals surface area contributed by atoms with E-state index < -0.39 is 0 Å². The lowest BCUT2D eigenvalue weighted by molar-refractivity contribution is 0.340. The molecule has 0 saturated heterocycles. The number of allylic oxidation sites excluding steroid dienone is 2. The van der Waals surface area contributed by atoms with Gasteiger partial charge in [0.25, 0.3) is 0 Å². The van der Waals surface area contributed by atoms with E-state index in [0.717, 1.165) is 25.2 Å². The molecule has 0 amide bonds. The Bertz CT molecular complexity index is 322. The van der Waals surface area contributed by atoms with E-state index >= 15 is 0 Å². The molecule has 0 fully saturated rings. The second-order valence-electron chi connectivity index (χ2n) is 3.85. The van der Waals surface area contributed by atoms with Gasteiger partial charge in [0.05, 0.1) is 6.61 Å². The number of hydrogen-bond acceptors (Lipinski definition) is 1. The maximum absolute atomic E-state index is 5.44. The minimum atomic E-state index is 0.728. The van der Waals surface area contributed by atoms with Gasteiger partial charge < -0.3 is 4.74 Å². The van der Waals surface area contributed by atoms with Gasteiger partial charge in [0.1, 0.15) is 5.75 Å². The molecule has 0 saturated carbocycles. The molecule has 16 heavy (non-hydrogen) atoms. The van der Waals surface area contributed by atoms with E-state index in [9.17, 15) is 0 Å². The van der Waals surface area contributed by atoms with Crippen molar-refractivity contribution in [2.45, 2.75) is 40.0 Å². The quantitative estimate of drug-likeness (QED) is 0.673. The Labute approximate surface area is 99.1 Å². The van der Waals surface area contributed by atoms with Crippen molar-refractivity contribution < 1.29 is 4.74 Å². The lowest BCUT2D eigenvalue weighted by Gasteiger charge is -2.08. The molecule has 0 bridgehead atoms. The second-order valence-corrected chi connectivity index (χ2v) is 3.85. The third-order valence-corrected chi connectivity index (χ3v) is 2.51. The number of ether oxygens (including phenoxy) is 1. The van der Waals surface area contributed by atoms with Gasteiger partial charge in [-0.15, -0.1) is 0 Å². The summed E-state index contributed by atoms with van der Waals surface area (Å²) in [5.74, 6) is 0.957. The molecule has 1 heteroatoms. The van der Waals surface area contributed by atoms with Crippen LogP contribution in [0.3, 0.4) is 0 Å². The molecule has 0 aliphatic carbocycles. The summed E-state index contributed by atoms with van der Waals surface area (Å²) < 4.78 is 5.44. The Kier molecular flexibility index (Phi) is 5.69. The molecule has 1 rings (SSSR count). The van der Waals surface area contributed by atoms with Crippen molar-refractivity contribution in [2.75, 3.05) is 6.61 Å². The maximum Gasteiger partial charge on any atom is 0.119 e. The van der Waals surface area contributed by atoms with E-state index in [2.05, 4.69) is 44.2 Å². The van der Waals surface area contributed by atoms with Crippen LogP contribution < -0.4 is 4.74 Å². The van der Waals surface area contributed by atoms with Gasteiger partial charge in [0, 0.05) is 0 Å². The van der Waals surface area contributed by atoms with Gasteiger partial charge in [0.15, 0.2) is 0 Å². The Balaban J connectivity index is 2.81. The smallest absolute Gasteiger partial charge is 0.119 e. The lowest BCUT2D eigenvalue weighted by Crippen LogP contribution is -1.91. The van der Waals surface area contributed by atoms with Crippen molar-refractivity contribution in [1.82, 2.24) is 0 Å². The van der Waals surface area contributed by atoms with E-state index in [0.29, 0.717) is 0 Å². The second kappa shape index (κ2) is 7.10. The molecule has 0 radical (unpaired) electrons. The summed E-state index contributed by atoms with van der Waals surface area (Å²) in [6.45, 7) is 7.14. The summed E-state index contributed by atoms with van der Waals surface area (Å²) in [7, 11) is 0. The standard InChI is InChI=1S/C15H22O/c1-4-7-13(8-5-2)14-9-11-15(12-10-14)16-6-3/h7,9-12H,4-6,8H2,1-3H3. The molecule has 0 aromatic heterocycles. The van der Waals surface area contributed by atoms with Gasteiger partial charge in [0.2, 0.25) is 0 Å². The summed E-state index contributed by atoms with van der Waals surface area (Å²) in [4.78, 5) is 0. The largest absolute Gasteiger partial charge is 0.494 e. The first-order valence-electron chi connectivity index (χ1n) is 6.24. The minimum Gasteiger partial charge on any atom is -0.494 e. The van der Waals surface area contributed by atoms with Crippen LogP contribution in [0.25, 0.3) is 5.57 Å². The van der Waals surface area contributed by atoms with Crippen molar-refractivity contribution in [3.05, 3.63) is 35.9 Å². The number of benzene rings is 1. The van der Waals surface area contributed by atoms with Crippen LogP contribution in [-0.2, 0) is 0 Å². The monoisotopic (exact) mass is 218 g/mol. The van der Waals surface area contributed by atoms with Crippen molar-refractivity contribution in [2.24, 2.45) is 0 Å². The topological polar surface area (TPSA) is 9.23 Å². The van der Waals surface area contributed by atoms with Crippen molar-refractivity contribution in [3.8, 4) is 5.75 Å². The fourth-order valence-corrected chi connectivity index (χ4v) is 1.81. The predicted octanol–water partition coefficient (Wildman–Crippen LogP) is 4.68. The van der Waals surface area contributed by atoms with E-state index in [-0.39, 0.29) is 0 Å². The highest BCUT2D eigenvalue weighted by molar-refractivity contribution is 5.65. The van der Waals surface area contributed by atoms with E-state index in [1.807, 2.05) is 6.92 Å². The highest BCUT2D eigenvalue weighted by Gasteiger charge is 2.00. The highest BCUT2D eigenvalue weighted by atomic mass is 16.5. The normalized spacial score (nSPS) is 11.6. The third-order valence-electron chi connectivity index (χ3n) is 2.51. The van der Waals surface area contributed by atoms with Crippen LogP contribution in [0.4, 0.5) is 0 Å². The Hall–Kier alpha value is -1.24. The predicted molar refractivity (Wildman–Crippen MR) is 70.8 cm³/mol. The molecule has 0 aliphatic rings. The van der Waals surface area contributed by atoms with Gasteiger partial charge in [-0.2, -0.15) is 0 Å². The van der Waals surface area contributed by atoms with Gasteiger partial charge in [-0.05, 0) is 43.0 Å². The summed E-state index contributed by atoms with van der Waals surface area (Å²) in [5.41, 5.74) is 2.78. The average molecular weight is 218 g/mol. The first kappa shape index (κ1) is 12.8. The van der Waals surface area contributed by atoms with E-state index in [1.165, 1.54) is 17.6 Å². The van der Waals surface area contributed by atoms with Crippen molar-refractivity contribution in [1.29, 1.82) is 0 Å². The fourth-order valence-electron chi connectivity index (χ4n) is 1.81. The first-order valence-corrected chi connectivity index (χ1v) is 6.24. The van der Waals surface area contributed by atoms with Crippen LogP contribution in [0.2, 0.25) is 0 Å². The van der Waals surface area contributed by atoms with Gasteiger partial charge in [-0.1, -0.05) is 38.5 Å². The molecule has 1 aromatic rings. The maximum atomic E-state index is 5.44. The van der Waals surface area contributed by atoms with Crippen molar-refractivity contribution >= 4 is 5.57 Å². The highest BCUT2D eigenvalue weighted by Crippen LogP contribution is 2.23. The Morgan fingerprint density at radius 2 is 1.81 bits per heavy atom. The zero-order chi connectivity index (χ0) is 11.8. The summed E-state index contributed by atoms with van der Waals surface area (Å²) in [5, 5.41) is 0. The van der Waals surface area contributed by atoms with Crippen LogP contribution in [-0.4, -0.2) is 6.61 Å². The van der Waals surface area contributed by atoms with Crippen molar-refractivity contribution in [3.63, 3.8) is 0 Å². The van der Waals surface area contributed by atoms with Crippen LogP contribution in [0, 0.1) is 0 Å². The molecule has 1 aromatic carbocycles. The number of rotatable bonds is 6. The van der Waals surface area contributed by atoms with Crippen LogP contribution in [0.5, 0.6) is 5.75 Å². The van der Waals surface area contributed by atoms with Crippen LogP contribution in [0.15, 0.2) is 30.3 Å². The lowest BCUT2D eigenvalue weighted by atomic mass is 10.0. The Morgan fingerprint density at radius 3 is 2.31 bits per heavy atom. The molecular weight excluding hydrogens is 196 g/mol. The zero-order valence-corrected chi connectivity index (χ0v) is 10.6. The molecular formula is C15H22O. The molecule has 0 atom stereocenters. The molecule has 88 valence electrons. The van der Waals surface area contributed by atoms with Gasteiger partial charge in [-0.3, -0.25) is 0 Å². The summed E-state index contributed by atoms with van der Waals surface area (Å²) in [6.07, 6.45) is 5.77. The fraction of sp³-hybridized carbons (Fsp3) is 0.467. The Morgan fingerprint density at radius 1 is 1.12 bits per heavy atom. The van der Waals surface area contributed by atoms with Crippen LogP contribution in [0.1, 0.15) is 45.6 Å².